The molecule has 0 aliphatic carbocycles. The largest absolute Gasteiger partial charge is 0.326 e. The summed E-state index contributed by atoms with van der Waals surface area (Å²) < 4.78 is 0. The maximum atomic E-state index is 11.4. The van der Waals surface area contributed by atoms with Crippen LogP contribution in [0.5, 0.6) is 0 Å². The lowest BCUT2D eigenvalue weighted by Crippen LogP contribution is -2.42. The first-order valence-electron chi connectivity index (χ1n) is 4.70. The van der Waals surface area contributed by atoms with Crippen molar-refractivity contribution in [1.29, 1.82) is 0 Å². The molecule has 0 saturated carbocycles. The Hall–Kier alpha value is -0.900. The molecule has 1 saturated heterocycles. The predicted octanol–water partition coefficient (Wildman–Crippen LogP) is 0.263. The highest BCUT2D eigenvalue weighted by atomic mass is 16.2. The van der Waals surface area contributed by atoms with Gasteiger partial charge in [-0.05, 0) is 19.8 Å². The molecule has 2 amide bonds. The van der Waals surface area contributed by atoms with Crippen molar-refractivity contribution in [2.24, 2.45) is 5.73 Å². The van der Waals surface area contributed by atoms with Crippen LogP contribution < -0.4 is 5.73 Å². The minimum atomic E-state index is -0.133. The number of amides is 2. The second-order valence-electron chi connectivity index (χ2n) is 3.58. The van der Waals surface area contributed by atoms with E-state index in [4.69, 9.17) is 5.73 Å². The molecule has 74 valence electrons. The third kappa shape index (κ3) is 2.81. The van der Waals surface area contributed by atoms with E-state index in [-0.39, 0.29) is 17.9 Å². The van der Waals surface area contributed by atoms with Crippen LogP contribution >= 0.6 is 0 Å². The smallest absolute Gasteiger partial charge is 0.229 e. The first-order valence-corrected chi connectivity index (χ1v) is 4.70. The van der Waals surface area contributed by atoms with Crippen LogP contribution in [0.25, 0.3) is 0 Å². The molecular formula is C9H16N2O2. The molecule has 0 aromatic rings. The van der Waals surface area contributed by atoms with Crippen molar-refractivity contribution >= 4 is 11.8 Å². The third-order valence-corrected chi connectivity index (χ3v) is 2.10. The van der Waals surface area contributed by atoms with Gasteiger partial charge < -0.3 is 5.73 Å². The number of rotatable bonds is 2. The van der Waals surface area contributed by atoms with Crippen LogP contribution in [-0.4, -0.2) is 29.3 Å². The molecule has 0 unspecified atom stereocenters. The summed E-state index contributed by atoms with van der Waals surface area (Å²) >= 11 is 0. The number of carbonyl (C=O) groups excluding carboxylic acids is 2. The predicted molar refractivity (Wildman–Crippen MR) is 48.8 cm³/mol. The van der Waals surface area contributed by atoms with Crippen LogP contribution in [0.4, 0.5) is 0 Å². The molecule has 1 fully saturated rings. The Kier molecular flexibility index (Phi) is 3.42. The van der Waals surface area contributed by atoms with Crippen molar-refractivity contribution in [1.82, 2.24) is 4.90 Å². The lowest BCUT2D eigenvalue weighted by Gasteiger charge is -2.20. The number of imide groups is 1. The molecule has 4 heteroatoms. The van der Waals surface area contributed by atoms with Crippen LogP contribution in [0.3, 0.4) is 0 Å². The minimum absolute atomic E-state index is 0.0696. The van der Waals surface area contributed by atoms with Gasteiger partial charge in [0.25, 0.3) is 0 Å². The topological polar surface area (TPSA) is 63.4 Å². The molecule has 0 radical (unpaired) electrons. The van der Waals surface area contributed by atoms with Crippen LogP contribution in [0.15, 0.2) is 0 Å². The zero-order valence-corrected chi connectivity index (χ0v) is 7.95. The monoisotopic (exact) mass is 184 g/mol. The number of hydrogen-bond acceptors (Lipinski definition) is 3. The summed E-state index contributed by atoms with van der Waals surface area (Å²) in [6, 6.07) is -0.133. The number of likely N-dealkylation sites (tertiary alicyclic amines) is 1. The van der Waals surface area contributed by atoms with Crippen molar-refractivity contribution in [2.45, 2.75) is 38.6 Å². The van der Waals surface area contributed by atoms with Gasteiger partial charge in [0.2, 0.25) is 11.8 Å². The quantitative estimate of drug-likeness (QED) is 0.626. The zero-order chi connectivity index (χ0) is 9.84. The first kappa shape index (κ1) is 10.2. The summed E-state index contributed by atoms with van der Waals surface area (Å²) in [5.74, 6) is -0.139. The summed E-state index contributed by atoms with van der Waals surface area (Å²) in [5.41, 5.74) is 5.55. The summed E-state index contributed by atoms with van der Waals surface area (Å²) in [7, 11) is 0. The summed E-state index contributed by atoms with van der Waals surface area (Å²) in [6.45, 7) is 2.16. The van der Waals surface area contributed by atoms with E-state index >= 15 is 0 Å². The Bertz CT molecular complexity index is 196. The lowest BCUT2D eigenvalue weighted by atomic mass is 10.2. The molecule has 1 aliphatic rings. The van der Waals surface area contributed by atoms with Crippen LogP contribution in [-0.2, 0) is 9.59 Å². The Morgan fingerprint density at radius 1 is 1.31 bits per heavy atom. The van der Waals surface area contributed by atoms with Crippen molar-refractivity contribution in [3.05, 3.63) is 0 Å². The van der Waals surface area contributed by atoms with Gasteiger partial charge >= 0.3 is 0 Å². The summed E-state index contributed by atoms with van der Waals surface area (Å²) in [5, 5.41) is 0. The van der Waals surface area contributed by atoms with Gasteiger partial charge in [-0.25, -0.2) is 0 Å². The molecule has 0 bridgehead atoms. The third-order valence-electron chi connectivity index (χ3n) is 2.10. The van der Waals surface area contributed by atoms with Gasteiger partial charge in [0.15, 0.2) is 0 Å². The highest BCUT2D eigenvalue weighted by molar-refractivity contribution is 5.96. The molecule has 1 heterocycles. The van der Waals surface area contributed by atoms with E-state index in [9.17, 15) is 9.59 Å². The minimum Gasteiger partial charge on any atom is -0.326 e. The molecule has 1 aliphatic heterocycles. The van der Waals surface area contributed by atoms with E-state index in [0.717, 1.165) is 12.8 Å². The summed E-state index contributed by atoms with van der Waals surface area (Å²) in [4.78, 5) is 24.1. The van der Waals surface area contributed by atoms with E-state index in [1.54, 1.807) is 6.92 Å². The number of carbonyl (C=O) groups is 2. The second kappa shape index (κ2) is 4.37. The average molecular weight is 184 g/mol. The fourth-order valence-electron chi connectivity index (χ4n) is 1.45. The van der Waals surface area contributed by atoms with Gasteiger partial charge in [-0.2, -0.15) is 0 Å². The van der Waals surface area contributed by atoms with Gasteiger partial charge in [0, 0.05) is 25.4 Å². The molecular weight excluding hydrogens is 168 g/mol. The highest BCUT2D eigenvalue weighted by Gasteiger charge is 2.24. The fourth-order valence-corrected chi connectivity index (χ4v) is 1.45. The van der Waals surface area contributed by atoms with Gasteiger partial charge in [-0.3, -0.25) is 14.5 Å². The average Bonchev–Trinajstić information content (AvgIpc) is 2.18. The standard InChI is InChI=1S/C9H16N2O2/c1-7(10)6-11-8(12)4-2-3-5-9(11)13/h7H,2-6,10H2,1H3/t7-/m0/s1. The van der Waals surface area contributed by atoms with E-state index in [0.29, 0.717) is 19.4 Å². The Morgan fingerprint density at radius 2 is 1.77 bits per heavy atom. The molecule has 13 heavy (non-hydrogen) atoms. The molecule has 1 atom stereocenters. The van der Waals surface area contributed by atoms with Crippen molar-refractivity contribution < 1.29 is 9.59 Å². The van der Waals surface area contributed by atoms with E-state index in [1.165, 1.54) is 4.90 Å². The molecule has 0 aromatic carbocycles. The van der Waals surface area contributed by atoms with Gasteiger partial charge in [0.1, 0.15) is 0 Å². The molecule has 0 aromatic heterocycles. The van der Waals surface area contributed by atoms with Gasteiger partial charge in [0.05, 0.1) is 0 Å². The maximum Gasteiger partial charge on any atom is 0.229 e. The molecule has 2 N–H and O–H groups in total. The first-order chi connectivity index (χ1) is 6.11. The van der Waals surface area contributed by atoms with Crippen molar-refractivity contribution in [3.8, 4) is 0 Å². The molecule has 1 rings (SSSR count). The van der Waals surface area contributed by atoms with Crippen molar-refractivity contribution in [2.75, 3.05) is 6.54 Å². The van der Waals surface area contributed by atoms with Crippen LogP contribution in [0.1, 0.15) is 32.6 Å². The normalized spacial score (nSPS) is 21.5. The second-order valence-corrected chi connectivity index (χ2v) is 3.58. The molecule has 0 spiro atoms. The van der Waals surface area contributed by atoms with Gasteiger partial charge in [-0.1, -0.05) is 0 Å². The van der Waals surface area contributed by atoms with Crippen molar-refractivity contribution in [3.63, 3.8) is 0 Å². The van der Waals surface area contributed by atoms with E-state index in [1.807, 2.05) is 0 Å². The Morgan fingerprint density at radius 3 is 2.15 bits per heavy atom. The zero-order valence-electron chi connectivity index (χ0n) is 7.95. The maximum absolute atomic E-state index is 11.4. The SMILES string of the molecule is C[C@H](N)CN1C(=O)CCCCC1=O. The number of nitrogens with two attached hydrogens (primary N) is 1. The Labute approximate surface area is 78.1 Å². The van der Waals surface area contributed by atoms with Crippen LogP contribution in [0, 0.1) is 0 Å². The fraction of sp³-hybridized carbons (Fsp3) is 0.778. The number of hydrogen-bond donors (Lipinski definition) is 1. The van der Waals surface area contributed by atoms with Gasteiger partial charge in [-0.15, -0.1) is 0 Å². The van der Waals surface area contributed by atoms with E-state index < -0.39 is 0 Å². The summed E-state index contributed by atoms with van der Waals surface area (Å²) in [6.07, 6.45) is 2.61. The molecule has 4 nitrogen and oxygen atoms in total. The number of nitrogens with zero attached hydrogens (tertiary/aromatic N) is 1. The lowest BCUT2D eigenvalue weighted by molar-refractivity contribution is -0.144. The van der Waals surface area contributed by atoms with Crippen LogP contribution in [0.2, 0.25) is 0 Å². The van der Waals surface area contributed by atoms with E-state index in [2.05, 4.69) is 0 Å². The highest BCUT2D eigenvalue weighted by Crippen LogP contribution is 2.12. The Balaban J connectivity index is 2.63.